The summed E-state index contributed by atoms with van der Waals surface area (Å²) in [6.07, 6.45) is 1.33. The first-order valence-electron chi connectivity index (χ1n) is 9.37. The number of ether oxygens (including phenoxy) is 2. The summed E-state index contributed by atoms with van der Waals surface area (Å²) in [6.45, 7) is 4.83. The van der Waals surface area contributed by atoms with Gasteiger partial charge in [0, 0.05) is 26.6 Å². The summed E-state index contributed by atoms with van der Waals surface area (Å²) in [5.41, 5.74) is 0.980. The first kappa shape index (κ1) is 21.8. The fourth-order valence-electron chi connectivity index (χ4n) is 2.88. The number of methoxy groups -OCH3 is 2. The number of carbonyl (C=O) groups excluding carboxylic acids is 1. The van der Waals surface area contributed by atoms with Gasteiger partial charge in [-0.3, -0.25) is 4.79 Å². The third-order valence-corrected chi connectivity index (χ3v) is 4.51. The Morgan fingerprint density at radius 3 is 2.82 bits per heavy atom. The summed E-state index contributed by atoms with van der Waals surface area (Å²) >= 11 is 0. The molecule has 0 fully saturated rings. The SMILES string of the molecule is COCCN(C)CCCNC(=O)[C@@H](Cc1cccc(OC)c1)n1nnnc1C. The zero-order valence-electron chi connectivity index (χ0n) is 17.1. The summed E-state index contributed by atoms with van der Waals surface area (Å²) < 4.78 is 11.9. The standard InChI is InChI=1S/C19H30N6O3/c1-15-21-22-23-25(15)18(14-16-7-5-8-17(13-16)28-4)19(26)20-9-6-10-24(2)11-12-27-3/h5,7-8,13,18H,6,9-12,14H2,1-4H3,(H,20,26)/t18-/m1/s1. The van der Waals surface area contributed by atoms with Crippen LogP contribution in [0.3, 0.4) is 0 Å². The first-order valence-corrected chi connectivity index (χ1v) is 9.37. The molecule has 0 aliphatic rings. The number of nitrogens with one attached hydrogen (secondary N) is 1. The van der Waals surface area contributed by atoms with Gasteiger partial charge in [0.15, 0.2) is 0 Å². The van der Waals surface area contributed by atoms with Crippen molar-refractivity contribution in [2.45, 2.75) is 25.8 Å². The Morgan fingerprint density at radius 2 is 2.14 bits per heavy atom. The lowest BCUT2D eigenvalue weighted by molar-refractivity contribution is -0.124. The van der Waals surface area contributed by atoms with E-state index in [2.05, 4.69) is 25.7 Å². The number of hydrogen-bond donors (Lipinski definition) is 1. The molecule has 0 saturated heterocycles. The highest BCUT2D eigenvalue weighted by molar-refractivity contribution is 5.80. The molecule has 1 aromatic heterocycles. The van der Waals surface area contributed by atoms with E-state index in [9.17, 15) is 4.79 Å². The number of benzene rings is 1. The second kappa shape index (κ2) is 11.4. The van der Waals surface area contributed by atoms with Gasteiger partial charge >= 0.3 is 0 Å². The van der Waals surface area contributed by atoms with Gasteiger partial charge in [-0.05, 0) is 55.1 Å². The van der Waals surface area contributed by atoms with Crippen molar-refractivity contribution in [1.29, 1.82) is 0 Å². The second-order valence-electron chi connectivity index (χ2n) is 6.68. The van der Waals surface area contributed by atoms with Gasteiger partial charge in [0.25, 0.3) is 0 Å². The lowest BCUT2D eigenvalue weighted by atomic mass is 10.0. The number of rotatable bonds is 12. The molecular weight excluding hydrogens is 360 g/mol. The summed E-state index contributed by atoms with van der Waals surface area (Å²) in [7, 11) is 5.35. The highest BCUT2D eigenvalue weighted by Crippen LogP contribution is 2.19. The molecule has 1 heterocycles. The maximum atomic E-state index is 12.9. The molecule has 2 rings (SSSR count). The largest absolute Gasteiger partial charge is 0.497 e. The normalized spacial score (nSPS) is 12.2. The van der Waals surface area contributed by atoms with Gasteiger partial charge in [-0.15, -0.1) is 5.10 Å². The molecule has 0 radical (unpaired) electrons. The lowest BCUT2D eigenvalue weighted by Gasteiger charge is -2.19. The molecule has 0 aliphatic heterocycles. The van der Waals surface area contributed by atoms with Crippen molar-refractivity contribution >= 4 is 5.91 Å². The van der Waals surface area contributed by atoms with Gasteiger partial charge in [-0.25, -0.2) is 4.68 Å². The molecule has 0 unspecified atom stereocenters. The van der Waals surface area contributed by atoms with Crippen molar-refractivity contribution in [3.05, 3.63) is 35.7 Å². The number of aryl methyl sites for hydroxylation is 1. The Bertz CT molecular complexity index is 736. The Hall–Kier alpha value is -2.52. The molecule has 1 N–H and O–H groups in total. The lowest BCUT2D eigenvalue weighted by Crippen LogP contribution is -2.36. The number of hydrogen-bond acceptors (Lipinski definition) is 7. The Morgan fingerprint density at radius 1 is 1.32 bits per heavy atom. The monoisotopic (exact) mass is 390 g/mol. The van der Waals surface area contributed by atoms with Gasteiger partial charge in [0.2, 0.25) is 5.91 Å². The molecule has 9 nitrogen and oxygen atoms in total. The maximum Gasteiger partial charge on any atom is 0.245 e. The fourth-order valence-corrected chi connectivity index (χ4v) is 2.88. The first-order chi connectivity index (χ1) is 13.5. The van der Waals surface area contributed by atoms with E-state index in [1.807, 2.05) is 31.3 Å². The van der Waals surface area contributed by atoms with Gasteiger partial charge in [-0.2, -0.15) is 0 Å². The van der Waals surface area contributed by atoms with Crippen molar-refractivity contribution in [2.75, 3.05) is 47.5 Å². The van der Waals surface area contributed by atoms with Crippen LogP contribution in [0.2, 0.25) is 0 Å². The smallest absolute Gasteiger partial charge is 0.245 e. The quantitative estimate of drug-likeness (QED) is 0.537. The van der Waals surface area contributed by atoms with E-state index in [1.54, 1.807) is 25.8 Å². The van der Waals surface area contributed by atoms with Crippen LogP contribution >= 0.6 is 0 Å². The summed E-state index contributed by atoms with van der Waals surface area (Å²) in [6, 6.07) is 7.15. The fraction of sp³-hybridized carbons (Fsp3) is 0.579. The third kappa shape index (κ3) is 6.58. The third-order valence-electron chi connectivity index (χ3n) is 4.51. The van der Waals surface area contributed by atoms with Crippen LogP contribution in [0.25, 0.3) is 0 Å². The van der Waals surface area contributed by atoms with Gasteiger partial charge in [-0.1, -0.05) is 12.1 Å². The molecular formula is C19H30N6O3. The molecule has 0 spiro atoms. The van der Waals surface area contributed by atoms with E-state index < -0.39 is 6.04 Å². The van der Waals surface area contributed by atoms with E-state index in [-0.39, 0.29) is 5.91 Å². The number of amides is 1. The predicted molar refractivity (Wildman–Crippen MR) is 105 cm³/mol. The second-order valence-corrected chi connectivity index (χ2v) is 6.68. The zero-order chi connectivity index (χ0) is 20.4. The molecule has 0 saturated carbocycles. The minimum Gasteiger partial charge on any atom is -0.497 e. The van der Waals surface area contributed by atoms with Crippen molar-refractivity contribution in [3.63, 3.8) is 0 Å². The number of aromatic nitrogens is 4. The van der Waals surface area contributed by atoms with Crippen molar-refractivity contribution in [3.8, 4) is 5.75 Å². The van der Waals surface area contributed by atoms with Crippen LogP contribution in [-0.4, -0.2) is 78.5 Å². The molecule has 0 bridgehead atoms. The van der Waals surface area contributed by atoms with Crippen molar-refractivity contribution < 1.29 is 14.3 Å². The minimum absolute atomic E-state index is 0.0993. The topological polar surface area (TPSA) is 94.4 Å². The van der Waals surface area contributed by atoms with Crippen LogP contribution in [0.5, 0.6) is 5.75 Å². The van der Waals surface area contributed by atoms with E-state index in [0.29, 0.717) is 25.4 Å². The summed E-state index contributed by atoms with van der Waals surface area (Å²) in [5, 5.41) is 14.6. The van der Waals surface area contributed by atoms with Crippen molar-refractivity contribution in [2.24, 2.45) is 0 Å². The highest BCUT2D eigenvalue weighted by atomic mass is 16.5. The van der Waals surface area contributed by atoms with Crippen LogP contribution in [0.1, 0.15) is 23.9 Å². The number of nitrogens with zero attached hydrogens (tertiary/aromatic N) is 5. The Balaban J connectivity index is 1.97. The molecule has 154 valence electrons. The summed E-state index contributed by atoms with van der Waals surface area (Å²) in [5.74, 6) is 1.25. The van der Waals surface area contributed by atoms with E-state index in [0.717, 1.165) is 30.8 Å². The molecule has 9 heteroatoms. The molecule has 0 aliphatic carbocycles. The van der Waals surface area contributed by atoms with Crippen LogP contribution in [0.15, 0.2) is 24.3 Å². The average Bonchev–Trinajstić information content (AvgIpc) is 3.13. The van der Waals surface area contributed by atoms with Crippen LogP contribution in [0, 0.1) is 6.92 Å². The molecule has 1 aromatic carbocycles. The predicted octanol–water partition coefficient (Wildman–Crippen LogP) is 0.858. The van der Waals surface area contributed by atoms with E-state index in [1.165, 1.54) is 0 Å². The number of carbonyl (C=O) groups is 1. The van der Waals surface area contributed by atoms with Crippen LogP contribution < -0.4 is 10.1 Å². The van der Waals surface area contributed by atoms with Gasteiger partial charge in [0.1, 0.15) is 17.6 Å². The van der Waals surface area contributed by atoms with Gasteiger partial charge < -0.3 is 19.7 Å². The Labute approximate surface area is 166 Å². The minimum atomic E-state index is -0.520. The number of tetrazole rings is 1. The highest BCUT2D eigenvalue weighted by Gasteiger charge is 2.24. The Kier molecular flexibility index (Phi) is 8.83. The molecule has 1 atom stereocenters. The summed E-state index contributed by atoms with van der Waals surface area (Å²) in [4.78, 5) is 15.1. The molecule has 1 amide bonds. The van der Waals surface area contributed by atoms with E-state index in [4.69, 9.17) is 9.47 Å². The molecule has 28 heavy (non-hydrogen) atoms. The molecule has 2 aromatic rings. The van der Waals surface area contributed by atoms with E-state index >= 15 is 0 Å². The van der Waals surface area contributed by atoms with Crippen LogP contribution in [0.4, 0.5) is 0 Å². The maximum absolute atomic E-state index is 12.9. The number of likely N-dealkylation sites (N-methyl/N-ethyl adjacent to an activating group) is 1. The van der Waals surface area contributed by atoms with Crippen LogP contribution in [-0.2, 0) is 16.0 Å². The zero-order valence-corrected chi connectivity index (χ0v) is 17.1. The van der Waals surface area contributed by atoms with Gasteiger partial charge in [0.05, 0.1) is 13.7 Å². The average molecular weight is 390 g/mol. The van der Waals surface area contributed by atoms with Crippen molar-refractivity contribution in [1.82, 2.24) is 30.4 Å².